The molecule has 0 unspecified atom stereocenters. The second-order valence-electron chi connectivity index (χ2n) is 4.18. The number of thioether (sulfide) groups is 1. The highest BCUT2D eigenvalue weighted by Gasteiger charge is 2.12. The summed E-state index contributed by atoms with van der Waals surface area (Å²) in [6.45, 7) is 2.38. The fourth-order valence-electron chi connectivity index (χ4n) is 1.93. The molecule has 4 heteroatoms. The van der Waals surface area contributed by atoms with E-state index in [2.05, 4.69) is 17.4 Å². The first-order chi connectivity index (χ1) is 7.88. The molecule has 1 aromatic carbocycles. The zero-order chi connectivity index (χ0) is 11.2. The Hall–Kier alpha value is -0.380. The maximum atomic E-state index is 5.15. The average molecular weight is 274 g/mol. The van der Waals surface area contributed by atoms with Gasteiger partial charge in [-0.1, -0.05) is 0 Å². The third-order valence-electron chi connectivity index (χ3n) is 3.00. The third kappa shape index (κ3) is 4.78. The van der Waals surface area contributed by atoms with Gasteiger partial charge in [0.25, 0.3) is 0 Å². The third-order valence-corrected chi connectivity index (χ3v) is 4.25. The Morgan fingerprint density at radius 2 is 1.88 bits per heavy atom. The fourth-order valence-corrected chi connectivity index (χ4v) is 3.02. The first kappa shape index (κ1) is 14.7. The fraction of sp³-hybridized carbons (Fsp3) is 0.538. The molecule has 17 heavy (non-hydrogen) atoms. The minimum atomic E-state index is 0. The zero-order valence-corrected chi connectivity index (χ0v) is 11.8. The van der Waals surface area contributed by atoms with Crippen LogP contribution < -0.4 is 10.1 Å². The minimum Gasteiger partial charge on any atom is -0.497 e. The maximum absolute atomic E-state index is 5.15. The van der Waals surface area contributed by atoms with Crippen molar-refractivity contribution in [2.24, 2.45) is 5.92 Å². The summed E-state index contributed by atoms with van der Waals surface area (Å²) in [6, 6.07) is 8.35. The first-order valence-corrected chi connectivity index (χ1v) is 6.84. The Balaban J connectivity index is 0.00000144. The molecule has 0 aliphatic carbocycles. The van der Waals surface area contributed by atoms with Crippen molar-refractivity contribution < 1.29 is 4.74 Å². The molecular formula is C13H20ClNOS. The molecule has 1 N–H and O–H groups in total. The summed E-state index contributed by atoms with van der Waals surface area (Å²) >= 11 is 1.96. The molecule has 0 atom stereocenters. The molecule has 1 aromatic rings. The van der Waals surface area contributed by atoms with Crippen molar-refractivity contribution in [2.75, 3.05) is 26.0 Å². The van der Waals surface area contributed by atoms with Crippen molar-refractivity contribution in [3.63, 3.8) is 0 Å². The molecule has 1 heterocycles. The smallest absolute Gasteiger partial charge is 0.118 e. The van der Waals surface area contributed by atoms with E-state index < -0.39 is 0 Å². The van der Waals surface area contributed by atoms with Crippen molar-refractivity contribution >= 4 is 24.2 Å². The molecule has 2 nitrogen and oxygen atoms in total. The summed E-state index contributed by atoms with van der Waals surface area (Å²) in [7, 11) is 1.71. The van der Waals surface area contributed by atoms with Gasteiger partial charge in [0.05, 0.1) is 7.11 Å². The Bertz CT molecular complexity index is 312. The Morgan fingerprint density at radius 3 is 2.47 bits per heavy atom. The predicted octanol–water partition coefficient (Wildman–Crippen LogP) is 3.21. The number of hydrogen-bond acceptors (Lipinski definition) is 3. The van der Waals surface area contributed by atoms with Crippen molar-refractivity contribution in [1.82, 2.24) is 5.32 Å². The molecule has 0 radical (unpaired) electrons. The number of methoxy groups -OCH3 is 1. The summed E-state index contributed by atoms with van der Waals surface area (Å²) in [5, 5.41) is 3.40. The van der Waals surface area contributed by atoms with Gasteiger partial charge in [-0.2, -0.15) is 0 Å². The minimum absolute atomic E-state index is 0. The summed E-state index contributed by atoms with van der Waals surface area (Å²) < 4.78 is 5.15. The standard InChI is InChI=1S/C13H19NOS.ClH/c1-15-12-2-4-13(5-3-12)16-10-11-6-8-14-9-7-11;/h2-5,11,14H,6-10H2,1H3;1H. The molecule has 0 amide bonds. The molecule has 0 saturated carbocycles. The summed E-state index contributed by atoms with van der Waals surface area (Å²) in [6.07, 6.45) is 2.65. The molecule has 0 aromatic heterocycles. The van der Waals surface area contributed by atoms with Gasteiger partial charge >= 0.3 is 0 Å². The quantitative estimate of drug-likeness (QED) is 0.852. The summed E-state index contributed by atoms with van der Waals surface area (Å²) in [5.74, 6) is 3.06. The molecule has 1 saturated heterocycles. The van der Waals surface area contributed by atoms with Gasteiger partial charge in [0.1, 0.15) is 5.75 Å². The lowest BCUT2D eigenvalue weighted by Crippen LogP contribution is -2.28. The average Bonchev–Trinajstić information content (AvgIpc) is 2.38. The molecule has 96 valence electrons. The van der Waals surface area contributed by atoms with Gasteiger partial charge in [0, 0.05) is 10.6 Å². The number of ether oxygens (including phenoxy) is 1. The zero-order valence-electron chi connectivity index (χ0n) is 10.1. The lowest BCUT2D eigenvalue weighted by molar-refractivity contribution is 0.408. The van der Waals surface area contributed by atoms with Crippen LogP contribution in [-0.2, 0) is 0 Å². The highest BCUT2D eigenvalue weighted by Crippen LogP contribution is 2.26. The van der Waals surface area contributed by atoms with Gasteiger partial charge in [0.15, 0.2) is 0 Å². The van der Waals surface area contributed by atoms with Crippen molar-refractivity contribution in [2.45, 2.75) is 17.7 Å². The van der Waals surface area contributed by atoms with Gasteiger partial charge in [-0.15, -0.1) is 24.2 Å². The van der Waals surface area contributed by atoms with Gasteiger partial charge in [-0.3, -0.25) is 0 Å². The number of halogens is 1. The molecule has 1 aliphatic rings. The van der Waals surface area contributed by atoms with E-state index in [1.807, 2.05) is 23.9 Å². The van der Waals surface area contributed by atoms with Gasteiger partial charge in [-0.05, 0) is 56.1 Å². The van der Waals surface area contributed by atoms with E-state index in [0.29, 0.717) is 0 Å². The summed E-state index contributed by atoms with van der Waals surface area (Å²) in [4.78, 5) is 1.35. The van der Waals surface area contributed by atoms with E-state index in [-0.39, 0.29) is 12.4 Å². The molecule has 1 fully saturated rings. The monoisotopic (exact) mass is 273 g/mol. The van der Waals surface area contributed by atoms with Crippen LogP contribution in [0, 0.1) is 5.92 Å². The number of nitrogens with one attached hydrogen (secondary N) is 1. The lowest BCUT2D eigenvalue weighted by Gasteiger charge is -2.22. The Kier molecular flexibility index (Phi) is 6.78. The van der Waals surface area contributed by atoms with Gasteiger partial charge < -0.3 is 10.1 Å². The molecule has 0 bridgehead atoms. The Morgan fingerprint density at radius 1 is 1.24 bits per heavy atom. The number of rotatable bonds is 4. The molecular weight excluding hydrogens is 254 g/mol. The van der Waals surface area contributed by atoms with Crippen LogP contribution in [0.2, 0.25) is 0 Å². The van der Waals surface area contributed by atoms with Crippen molar-refractivity contribution in [3.05, 3.63) is 24.3 Å². The van der Waals surface area contributed by atoms with Crippen LogP contribution in [0.3, 0.4) is 0 Å². The highest BCUT2D eigenvalue weighted by molar-refractivity contribution is 7.99. The second-order valence-corrected chi connectivity index (χ2v) is 5.27. The molecule has 0 spiro atoms. The number of piperidine rings is 1. The van der Waals surface area contributed by atoms with E-state index in [0.717, 1.165) is 11.7 Å². The van der Waals surface area contributed by atoms with Crippen LogP contribution in [-0.4, -0.2) is 26.0 Å². The van der Waals surface area contributed by atoms with E-state index in [4.69, 9.17) is 4.74 Å². The first-order valence-electron chi connectivity index (χ1n) is 5.86. The topological polar surface area (TPSA) is 21.3 Å². The lowest BCUT2D eigenvalue weighted by atomic mass is 10.0. The van der Waals surface area contributed by atoms with Crippen LogP contribution >= 0.6 is 24.2 Å². The normalized spacial score (nSPS) is 16.3. The van der Waals surface area contributed by atoms with E-state index in [9.17, 15) is 0 Å². The van der Waals surface area contributed by atoms with Crippen LogP contribution in [0.5, 0.6) is 5.75 Å². The van der Waals surface area contributed by atoms with E-state index >= 15 is 0 Å². The molecule has 1 aliphatic heterocycles. The van der Waals surface area contributed by atoms with Gasteiger partial charge in [-0.25, -0.2) is 0 Å². The maximum Gasteiger partial charge on any atom is 0.118 e. The van der Waals surface area contributed by atoms with E-state index in [1.165, 1.54) is 36.6 Å². The van der Waals surface area contributed by atoms with Crippen molar-refractivity contribution in [1.29, 1.82) is 0 Å². The SMILES string of the molecule is COc1ccc(SCC2CCNCC2)cc1.Cl. The van der Waals surface area contributed by atoms with Crippen molar-refractivity contribution in [3.8, 4) is 5.75 Å². The Labute approximate surface area is 114 Å². The van der Waals surface area contributed by atoms with Crippen LogP contribution in [0.1, 0.15) is 12.8 Å². The number of benzene rings is 1. The second kappa shape index (κ2) is 7.85. The number of hydrogen-bond donors (Lipinski definition) is 1. The highest BCUT2D eigenvalue weighted by atomic mass is 35.5. The van der Waals surface area contributed by atoms with E-state index in [1.54, 1.807) is 7.11 Å². The largest absolute Gasteiger partial charge is 0.497 e. The predicted molar refractivity (Wildman–Crippen MR) is 76.6 cm³/mol. The van der Waals surface area contributed by atoms with Crippen LogP contribution in [0.25, 0.3) is 0 Å². The van der Waals surface area contributed by atoms with Crippen LogP contribution in [0.15, 0.2) is 29.2 Å². The molecule has 2 rings (SSSR count). The van der Waals surface area contributed by atoms with Gasteiger partial charge in [0.2, 0.25) is 0 Å². The summed E-state index contributed by atoms with van der Waals surface area (Å²) in [5.41, 5.74) is 0. The van der Waals surface area contributed by atoms with Crippen LogP contribution in [0.4, 0.5) is 0 Å².